The van der Waals surface area contributed by atoms with Crippen LogP contribution < -0.4 is 0 Å². The zero-order chi connectivity index (χ0) is 21.8. The van der Waals surface area contributed by atoms with Crippen LogP contribution in [0.4, 0.5) is 0 Å². The molecule has 3 aromatic rings. The largest absolute Gasteiger partial charge is 0.339 e. The van der Waals surface area contributed by atoms with Crippen molar-refractivity contribution in [1.29, 1.82) is 0 Å². The second kappa shape index (κ2) is 9.39. The molecule has 0 saturated carbocycles. The zero-order valence-corrected chi connectivity index (χ0v) is 18.9. The van der Waals surface area contributed by atoms with E-state index >= 15 is 0 Å². The number of nitrogens with zero attached hydrogens (tertiary/aromatic N) is 5. The van der Waals surface area contributed by atoms with Crippen molar-refractivity contribution in [2.75, 3.05) is 31.9 Å². The highest BCUT2D eigenvalue weighted by atomic mass is 35.5. The summed E-state index contributed by atoms with van der Waals surface area (Å²) in [5.41, 5.74) is 0.812. The first kappa shape index (κ1) is 21.8. The van der Waals surface area contributed by atoms with Crippen LogP contribution in [0.2, 0.25) is 5.02 Å². The number of rotatable bonds is 6. The Balaban J connectivity index is 1.34. The molecule has 1 aliphatic heterocycles. The van der Waals surface area contributed by atoms with Gasteiger partial charge < -0.3 is 4.90 Å². The third kappa shape index (κ3) is 4.93. The van der Waals surface area contributed by atoms with Gasteiger partial charge in [0.1, 0.15) is 6.33 Å². The van der Waals surface area contributed by atoms with Crippen molar-refractivity contribution in [3.05, 3.63) is 65.9 Å². The molecule has 2 aromatic carbocycles. The molecule has 31 heavy (non-hydrogen) atoms. The predicted octanol–water partition coefficient (Wildman–Crippen LogP) is 2.55. The number of thioether (sulfide) groups is 1. The molecule has 11 heteroatoms. The van der Waals surface area contributed by atoms with E-state index in [9.17, 15) is 13.2 Å². The Kier molecular flexibility index (Phi) is 6.61. The Labute approximate surface area is 189 Å². The number of benzene rings is 2. The zero-order valence-electron chi connectivity index (χ0n) is 16.5. The summed E-state index contributed by atoms with van der Waals surface area (Å²) in [6.45, 7) is 1.25. The summed E-state index contributed by atoms with van der Waals surface area (Å²) < 4.78 is 28.7. The number of piperazine rings is 1. The molecule has 0 spiro atoms. The van der Waals surface area contributed by atoms with Crippen molar-refractivity contribution in [1.82, 2.24) is 24.0 Å². The fourth-order valence-corrected chi connectivity index (χ4v) is 5.72. The van der Waals surface area contributed by atoms with Crippen LogP contribution in [0.15, 0.2) is 71.0 Å². The smallest absolute Gasteiger partial charge is 0.243 e. The van der Waals surface area contributed by atoms with Gasteiger partial charge in [0, 0.05) is 31.2 Å². The van der Waals surface area contributed by atoms with Crippen LogP contribution in [0.25, 0.3) is 5.69 Å². The van der Waals surface area contributed by atoms with Crippen LogP contribution in [-0.4, -0.2) is 70.2 Å². The summed E-state index contributed by atoms with van der Waals surface area (Å²) in [6.07, 6.45) is 1.58. The number of amides is 1. The molecule has 0 N–H and O–H groups in total. The van der Waals surface area contributed by atoms with Gasteiger partial charge in [-0.15, -0.1) is 10.2 Å². The minimum atomic E-state index is -3.54. The van der Waals surface area contributed by atoms with Gasteiger partial charge in [-0.3, -0.25) is 9.36 Å². The van der Waals surface area contributed by atoms with E-state index in [1.165, 1.54) is 16.1 Å². The second-order valence-electron chi connectivity index (χ2n) is 6.85. The quantitative estimate of drug-likeness (QED) is 0.507. The normalized spacial score (nSPS) is 15.2. The van der Waals surface area contributed by atoms with Crippen LogP contribution in [0.3, 0.4) is 0 Å². The van der Waals surface area contributed by atoms with Gasteiger partial charge in [-0.1, -0.05) is 47.6 Å². The van der Waals surface area contributed by atoms with Crippen LogP contribution >= 0.6 is 23.4 Å². The number of sulfonamides is 1. The molecular weight excluding hydrogens is 458 g/mol. The Morgan fingerprint density at radius 2 is 1.77 bits per heavy atom. The molecule has 1 aromatic heterocycles. The van der Waals surface area contributed by atoms with Gasteiger partial charge in [0.05, 0.1) is 16.3 Å². The summed E-state index contributed by atoms with van der Waals surface area (Å²) in [7, 11) is -3.54. The molecule has 0 bridgehead atoms. The van der Waals surface area contributed by atoms with Gasteiger partial charge in [0.2, 0.25) is 15.9 Å². The van der Waals surface area contributed by atoms with Gasteiger partial charge in [-0.25, -0.2) is 8.42 Å². The van der Waals surface area contributed by atoms with E-state index in [0.717, 1.165) is 5.69 Å². The molecule has 0 aliphatic carbocycles. The highest BCUT2D eigenvalue weighted by Crippen LogP contribution is 2.23. The molecule has 0 unspecified atom stereocenters. The maximum absolute atomic E-state index is 12.7. The fraction of sp³-hybridized carbons (Fsp3) is 0.250. The number of halogens is 1. The number of aromatic nitrogens is 3. The van der Waals surface area contributed by atoms with E-state index in [4.69, 9.17) is 11.6 Å². The maximum Gasteiger partial charge on any atom is 0.243 e. The van der Waals surface area contributed by atoms with Crippen molar-refractivity contribution in [3.63, 3.8) is 0 Å². The molecular formula is C20H20ClN5O3S2. The Hall–Kier alpha value is -2.40. The molecule has 1 saturated heterocycles. The average Bonchev–Trinajstić information content (AvgIpc) is 3.27. The van der Waals surface area contributed by atoms with Crippen molar-refractivity contribution >= 4 is 39.3 Å². The molecule has 4 rings (SSSR count). The van der Waals surface area contributed by atoms with Gasteiger partial charge in [0.25, 0.3) is 0 Å². The molecule has 0 atom stereocenters. The third-order valence-corrected chi connectivity index (χ3v) is 7.98. The van der Waals surface area contributed by atoms with Crippen molar-refractivity contribution in [2.24, 2.45) is 0 Å². The molecule has 1 aliphatic rings. The summed E-state index contributed by atoms with van der Waals surface area (Å²) in [4.78, 5) is 14.6. The first-order valence-corrected chi connectivity index (χ1v) is 12.4. The Bertz CT molecular complexity index is 1160. The molecule has 2 heterocycles. The summed E-state index contributed by atoms with van der Waals surface area (Å²) in [6, 6.07) is 15.6. The minimum Gasteiger partial charge on any atom is -0.339 e. The summed E-state index contributed by atoms with van der Waals surface area (Å²) in [5, 5.41) is 9.21. The average molecular weight is 478 g/mol. The lowest BCUT2D eigenvalue weighted by Gasteiger charge is -2.34. The molecule has 1 amide bonds. The van der Waals surface area contributed by atoms with Crippen molar-refractivity contribution in [2.45, 2.75) is 10.1 Å². The van der Waals surface area contributed by atoms with Gasteiger partial charge >= 0.3 is 0 Å². The van der Waals surface area contributed by atoms with E-state index in [1.54, 1.807) is 58.3 Å². The first-order chi connectivity index (χ1) is 14.9. The number of hydrogen-bond acceptors (Lipinski definition) is 6. The summed E-state index contributed by atoms with van der Waals surface area (Å²) >= 11 is 7.34. The van der Waals surface area contributed by atoms with Gasteiger partial charge in [-0.2, -0.15) is 4.31 Å². The fourth-order valence-electron chi connectivity index (χ4n) is 3.26. The predicted molar refractivity (Wildman–Crippen MR) is 119 cm³/mol. The Morgan fingerprint density at radius 3 is 2.48 bits per heavy atom. The van der Waals surface area contributed by atoms with Gasteiger partial charge in [-0.05, 0) is 30.3 Å². The van der Waals surface area contributed by atoms with Crippen LogP contribution in [0.5, 0.6) is 0 Å². The Morgan fingerprint density at radius 1 is 1.03 bits per heavy atom. The lowest BCUT2D eigenvalue weighted by molar-refractivity contribution is -0.129. The van der Waals surface area contributed by atoms with Gasteiger partial charge in [0.15, 0.2) is 5.16 Å². The second-order valence-corrected chi connectivity index (χ2v) is 10.2. The van der Waals surface area contributed by atoms with Crippen LogP contribution in [0.1, 0.15) is 0 Å². The monoisotopic (exact) mass is 477 g/mol. The standard InChI is InChI=1S/C20H20ClN5O3S2/c21-16-5-4-6-17(13-16)26-15-22-23-20(26)30-14-19(27)24-9-11-25(12-10-24)31(28,29)18-7-2-1-3-8-18/h1-8,13,15H,9-12,14H2. The minimum absolute atomic E-state index is 0.0672. The lowest BCUT2D eigenvalue weighted by atomic mass is 10.3. The van der Waals surface area contributed by atoms with E-state index < -0.39 is 10.0 Å². The number of carbonyl (C=O) groups is 1. The lowest BCUT2D eigenvalue weighted by Crippen LogP contribution is -2.50. The van der Waals surface area contributed by atoms with Crippen LogP contribution in [0, 0.1) is 0 Å². The highest BCUT2D eigenvalue weighted by molar-refractivity contribution is 7.99. The van der Waals surface area contributed by atoms with Crippen molar-refractivity contribution in [3.8, 4) is 5.69 Å². The number of hydrogen-bond donors (Lipinski definition) is 0. The molecule has 1 fully saturated rings. The van der Waals surface area contributed by atoms with E-state index in [-0.39, 0.29) is 29.6 Å². The highest BCUT2D eigenvalue weighted by Gasteiger charge is 2.30. The summed E-state index contributed by atoms with van der Waals surface area (Å²) in [5.74, 6) is 0.118. The topological polar surface area (TPSA) is 88.4 Å². The van der Waals surface area contributed by atoms with E-state index in [2.05, 4.69) is 10.2 Å². The SMILES string of the molecule is O=C(CSc1nncn1-c1cccc(Cl)c1)N1CCN(S(=O)(=O)c2ccccc2)CC1. The molecule has 8 nitrogen and oxygen atoms in total. The van der Waals surface area contributed by atoms with Crippen LogP contribution in [-0.2, 0) is 14.8 Å². The first-order valence-electron chi connectivity index (χ1n) is 9.57. The maximum atomic E-state index is 12.7. The van der Waals surface area contributed by atoms with Crippen molar-refractivity contribution < 1.29 is 13.2 Å². The number of carbonyl (C=O) groups excluding carboxylic acids is 1. The molecule has 162 valence electrons. The van der Waals surface area contributed by atoms with E-state index in [1.807, 2.05) is 12.1 Å². The van der Waals surface area contributed by atoms with E-state index in [0.29, 0.717) is 23.3 Å². The molecule has 0 radical (unpaired) electrons. The third-order valence-electron chi connectivity index (χ3n) is 4.90.